The molecule has 100 valence electrons. The first-order valence-corrected chi connectivity index (χ1v) is 6.34. The maximum atomic E-state index is 13.4. The van der Waals surface area contributed by atoms with Gasteiger partial charge < -0.3 is 10.5 Å². The Bertz CT molecular complexity index is 574. The molecule has 2 nitrogen and oxygen atoms in total. The predicted molar refractivity (Wildman–Crippen MR) is 75.0 cm³/mol. The van der Waals surface area contributed by atoms with E-state index in [1.807, 2.05) is 6.07 Å². The summed E-state index contributed by atoms with van der Waals surface area (Å²) in [6.45, 7) is 1.98. The summed E-state index contributed by atoms with van der Waals surface area (Å²) in [5.41, 5.74) is 7.29. The van der Waals surface area contributed by atoms with E-state index in [0.29, 0.717) is 21.9 Å². The molecule has 2 rings (SSSR count). The van der Waals surface area contributed by atoms with E-state index in [2.05, 4.69) is 0 Å². The molecule has 0 fully saturated rings. The largest absolute Gasteiger partial charge is 0.492 e. The molecular weight excluding hydrogens is 265 g/mol. The van der Waals surface area contributed by atoms with E-state index < -0.39 is 0 Å². The van der Waals surface area contributed by atoms with E-state index in [1.54, 1.807) is 37.3 Å². The Morgan fingerprint density at radius 1 is 1.26 bits per heavy atom. The van der Waals surface area contributed by atoms with E-state index in [0.717, 1.165) is 0 Å². The summed E-state index contributed by atoms with van der Waals surface area (Å²) in [7, 11) is 0. The van der Waals surface area contributed by atoms with Crippen molar-refractivity contribution in [1.82, 2.24) is 0 Å². The first kappa shape index (κ1) is 13.8. The highest BCUT2D eigenvalue weighted by atomic mass is 35.5. The molecule has 2 N–H and O–H groups in total. The quantitative estimate of drug-likeness (QED) is 0.922. The Hall–Kier alpha value is -1.58. The molecule has 1 atom stereocenters. The average Bonchev–Trinajstić information content (AvgIpc) is 2.39. The van der Waals surface area contributed by atoms with Gasteiger partial charge in [0.2, 0.25) is 0 Å². The summed E-state index contributed by atoms with van der Waals surface area (Å²) in [4.78, 5) is 0. The van der Waals surface area contributed by atoms with E-state index in [4.69, 9.17) is 22.1 Å². The van der Waals surface area contributed by atoms with Crippen LogP contribution < -0.4 is 10.5 Å². The number of aryl methyl sites for hydroxylation is 1. The highest BCUT2D eigenvalue weighted by Crippen LogP contribution is 2.20. The molecule has 0 saturated carbocycles. The number of halogens is 2. The number of hydrogen-bond donors (Lipinski definition) is 1. The minimum Gasteiger partial charge on any atom is -0.492 e. The van der Waals surface area contributed by atoms with Crippen LogP contribution in [0.3, 0.4) is 0 Å². The lowest BCUT2D eigenvalue weighted by Crippen LogP contribution is -2.19. The summed E-state index contributed by atoms with van der Waals surface area (Å²) < 4.78 is 19.0. The van der Waals surface area contributed by atoms with Crippen LogP contribution in [0.15, 0.2) is 42.5 Å². The van der Waals surface area contributed by atoms with Crippen LogP contribution in [0, 0.1) is 12.7 Å². The summed E-state index contributed by atoms with van der Waals surface area (Å²) >= 11 is 5.85. The van der Waals surface area contributed by atoms with Crippen molar-refractivity contribution in [3.05, 3.63) is 64.4 Å². The summed E-state index contributed by atoms with van der Waals surface area (Å²) in [5.74, 6) is 0.395. The fourth-order valence-corrected chi connectivity index (χ4v) is 1.86. The van der Waals surface area contributed by atoms with Gasteiger partial charge in [0.15, 0.2) is 0 Å². The fraction of sp³-hybridized carbons (Fsp3) is 0.200. The van der Waals surface area contributed by atoms with Crippen molar-refractivity contribution in [1.29, 1.82) is 0 Å². The Morgan fingerprint density at radius 2 is 2.05 bits per heavy atom. The predicted octanol–water partition coefficient (Wildman–Crippen LogP) is 3.87. The zero-order valence-corrected chi connectivity index (χ0v) is 11.3. The zero-order valence-electron chi connectivity index (χ0n) is 10.6. The van der Waals surface area contributed by atoms with Crippen molar-refractivity contribution in [2.45, 2.75) is 13.0 Å². The summed E-state index contributed by atoms with van der Waals surface area (Å²) in [5, 5.41) is 0.604. The van der Waals surface area contributed by atoms with Gasteiger partial charge in [0.05, 0.1) is 6.04 Å². The highest BCUT2D eigenvalue weighted by molar-refractivity contribution is 6.30. The number of hydrogen-bond acceptors (Lipinski definition) is 2. The molecule has 0 bridgehead atoms. The molecule has 2 aromatic carbocycles. The lowest BCUT2D eigenvalue weighted by Gasteiger charge is -2.14. The lowest BCUT2D eigenvalue weighted by molar-refractivity contribution is 0.290. The van der Waals surface area contributed by atoms with Crippen molar-refractivity contribution in [2.75, 3.05) is 6.61 Å². The average molecular weight is 280 g/mol. The molecule has 0 radical (unpaired) electrons. The second-order valence-electron chi connectivity index (χ2n) is 4.38. The number of ether oxygens (including phenoxy) is 1. The molecule has 0 saturated heterocycles. The van der Waals surface area contributed by atoms with Crippen LogP contribution in [0.25, 0.3) is 0 Å². The van der Waals surface area contributed by atoms with Crippen LogP contribution in [0.1, 0.15) is 17.2 Å². The van der Waals surface area contributed by atoms with Gasteiger partial charge in [-0.05, 0) is 42.3 Å². The van der Waals surface area contributed by atoms with Crippen LogP contribution in [-0.2, 0) is 0 Å². The molecule has 1 unspecified atom stereocenters. The van der Waals surface area contributed by atoms with Crippen molar-refractivity contribution in [3.63, 3.8) is 0 Å². The zero-order chi connectivity index (χ0) is 13.8. The third kappa shape index (κ3) is 3.69. The molecule has 4 heteroatoms. The molecule has 0 aliphatic carbocycles. The third-order valence-corrected chi connectivity index (χ3v) is 3.08. The topological polar surface area (TPSA) is 35.2 Å². The van der Waals surface area contributed by atoms with Crippen LogP contribution in [-0.4, -0.2) is 6.61 Å². The van der Waals surface area contributed by atoms with Gasteiger partial charge in [-0.25, -0.2) is 4.39 Å². The first-order valence-electron chi connectivity index (χ1n) is 5.96. The van der Waals surface area contributed by atoms with Crippen molar-refractivity contribution < 1.29 is 9.13 Å². The van der Waals surface area contributed by atoms with Crippen LogP contribution in [0.4, 0.5) is 4.39 Å². The maximum Gasteiger partial charge on any atom is 0.126 e. The summed E-state index contributed by atoms with van der Waals surface area (Å²) in [6, 6.07) is 11.7. The second-order valence-corrected chi connectivity index (χ2v) is 4.82. The molecule has 0 heterocycles. The Labute approximate surface area is 117 Å². The molecule has 2 aromatic rings. The Balaban J connectivity index is 2.01. The Morgan fingerprint density at radius 3 is 2.74 bits per heavy atom. The van der Waals surface area contributed by atoms with Gasteiger partial charge in [-0.2, -0.15) is 0 Å². The normalized spacial score (nSPS) is 12.2. The molecule has 0 aliphatic heterocycles. The minimum atomic E-state index is -0.380. The standard InChI is InChI=1S/C15H15ClFNO/c1-10-5-6-11(7-14(10)17)15(18)9-19-13-4-2-3-12(16)8-13/h2-8,15H,9,18H2,1H3. The van der Waals surface area contributed by atoms with Gasteiger partial charge in [-0.15, -0.1) is 0 Å². The van der Waals surface area contributed by atoms with Gasteiger partial charge in [-0.1, -0.05) is 29.8 Å². The smallest absolute Gasteiger partial charge is 0.126 e. The van der Waals surface area contributed by atoms with Crippen molar-refractivity contribution in [2.24, 2.45) is 5.73 Å². The maximum absolute atomic E-state index is 13.4. The molecule has 19 heavy (non-hydrogen) atoms. The van der Waals surface area contributed by atoms with Gasteiger partial charge in [-0.3, -0.25) is 0 Å². The minimum absolute atomic E-state index is 0.254. The SMILES string of the molecule is Cc1ccc(C(N)COc2cccc(Cl)c2)cc1F. The van der Waals surface area contributed by atoms with E-state index in [9.17, 15) is 4.39 Å². The van der Waals surface area contributed by atoms with Gasteiger partial charge >= 0.3 is 0 Å². The third-order valence-electron chi connectivity index (χ3n) is 2.85. The number of benzene rings is 2. The van der Waals surface area contributed by atoms with Gasteiger partial charge in [0, 0.05) is 5.02 Å². The monoisotopic (exact) mass is 279 g/mol. The van der Waals surface area contributed by atoms with E-state index >= 15 is 0 Å². The van der Waals surface area contributed by atoms with Crippen LogP contribution >= 0.6 is 11.6 Å². The number of rotatable bonds is 4. The molecular formula is C15H15ClFNO. The molecule has 0 aromatic heterocycles. The first-order chi connectivity index (χ1) is 9.06. The fourth-order valence-electron chi connectivity index (χ4n) is 1.68. The van der Waals surface area contributed by atoms with E-state index in [1.165, 1.54) is 6.07 Å². The number of nitrogens with two attached hydrogens (primary N) is 1. The van der Waals surface area contributed by atoms with E-state index in [-0.39, 0.29) is 18.5 Å². The van der Waals surface area contributed by atoms with Gasteiger partial charge in [0.1, 0.15) is 18.2 Å². The molecule has 0 aliphatic rings. The lowest BCUT2D eigenvalue weighted by atomic mass is 10.1. The van der Waals surface area contributed by atoms with Crippen molar-refractivity contribution in [3.8, 4) is 5.75 Å². The Kier molecular flexibility index (Phi) is 4.40. The van der Waals surface area contributed by atoms with Gasteiger partial charge in [0.25, 0.3) is 0 Å². The van der Waals surface area contributed by atoms with Crippen LogP contribution in [0.5, 0.6) is 5.75 Å². The van der Waals surface area contributed by atoms with Crippen molar-refractivity contribution >= 4 is 11.6 Å². The molecule has 0 amide bonds. The second kappa shape index (κ2) is 6.04. The highest BCUT2D eigenvalue weighted by Gasteiger charge is 2.09. The molecule has 0 spiro atoms. The summed E-state index contributed by atoms with van der Waals surface area (Å²) in [6.07, 6.45) is 0. The van der Waals surface area contributed by atoms with Crippen LogP contribution in [0.2, 0.25) is 5.02 Å².